The fourth-order valence-electron chi connectivity index (χ4n) is 3.57. The Labute approximate surface area is 170 Å². The summed E-state index contributed by atoms with van der Waals surface area (Å²) in [5.74, 6) is 0.469. The van der Waals surface area contributed by atoms with Crippen LogP contribution in [0.4, 0.5) is 4.79 Å². The average molecular weight is 402 g/mol. The van der Waals surface area contributed by atoms with E-state index in [1.165, 1.54) is 4.90 Å². The molecular weight excluding hydrogens is 378 g/mol. The third kappa shape index (κ3) is 3.70. The van der Waals surface area contributed by atoms with E-state index in [2.05, 4.69) is 5.32 Å². The van der Waals surface area contributed by atoms with Crippen LogP contribution in [-0.2, 0) is 16.9 Å². The van der Waals surface area contributed by atoms with Crippen LogP contribution >= 0.6 is 11.6 Å². The molecule has 0 radical (unpaired) electrons. The number of benzene rings is 2. The molecule has 7 heteroatoms. The van der Waals surface area contributed by atoms with Crippen molar-refractivity contribution >= 4 is 23.5 Å². The highest BCUT2D eigenvalue weighted by molar-refractivity contribution is 6.30. The Bertz CT molecular complexity index is 874. The first-order chi connectivity index (χ1) is 13.4. The first kappa shape index (κ1) is 20.2. The predicted octanol–water partition coefficient (Wildman–Crippen LogP) is 3.60. The Kier molecular flexibility index (Phi) is 5.91. The molecule has 1 aliphatic heterocycles. The lowest BCUT2D eigenvalue weighted by atomic mass is 9.87. The SMILES string of the molecule is CC[C@@]1(c2ccccc2)NC(=O)N(CN(C)Cc2cc(Cl)ccc2OC)C1=O. The summed E-state index contributed by atoms with van der Waals surface area (Å²) >= 11 is 6.10. The average Bonchev–Trinajstić information content (AvgIpc) is 2.94. The summed E-state index contributed by atoms with van der Waals surface area (Å²) < 4.78 is 5.38. The van der Waals surface area contributed by atoms with E-state index >= 15 is 0 Å². The van der Waals surface area contributed by atoms with E-state index in [-0.39, 0.29) is 18.6 Å². The third-order valence-electron chi connectivity index (χ3n) is 5.04. The van der Waals surface area contributed by atoms with Crippen LogP contribution in [0.25, 0.3) is 0 Å². The van der Waals surface area contributed by atoms with Gasteiger partial charge in [-0.1, -0.05) is 48.9 Å². The molecular formula is C21H24ClN3O3. The molecule has 3 rings (SSSR count). The summed E-state index contributed by atoms with van der Waals surface area (Å²) in [6.07, 6.45) is 0.476. The number of nitrogens with zero attached hydrogens (tertiary/aromatic N) is 2. The summed E-state index contributed by atoms with van der Waals surface area (Å²) in [5.41, 5.74) is 0.652. The minimum absolute atomic E-state index is 0.162. The number of urea groups is 1. The van der Waals surface area contributed by atoms with Gasteiger partial charge >= 0.3 is 6.03 Å². The minimum atomic E-state index is -1.02. The number of rotatable bonds is 7. The maximum absolute atomic E-state index is 13.2. The molecule has 1 N–H and O–H groups in total. The van der Waals surface area contributed by atoms with Gasteiger partial charge in [0.2, 0.25) is 0 Å². The van der Waals surface area contributed by atoms with E-state index in [4.69, 9.17) is 16.3 Å². The van der Waals surface area contributed by atoms with Crippen LogP contribution in [0.3, 0.4) is 0 Å². The molecule has 2 aromatic rings. The number of hydrogen-bond donors (Lipinski definition) is 1. The smallest absolute Gasteiger partial charge is 0.326 e. The first-order valence-corrected chi connectivity index (χ1v) is 9.49. The molecule has 0 unspecified atom stereocenters. The zero-order valence-corrected chi connectivity index (χ0v) is 17.0. The van der Waals surface area contributed by atoms with Gasteiger partial charge in [-0.05, 0) is 37.2 Å². The van der Waals surface area contributed by atoms with E-state index in [0.717, 1.165) is 11.1 Å². The van der Waals surface area contributed by atoms with Gasteiger partial charge in [0.15, 0.2) is 0 Å². The Morgan fingerprint density at radius 3 is 2.54 bits per heavy atom. The molecule has 6 nitrogen and oxygen atoms in total. The quantitative estimate of drug-likeness (QED) is 0.720. The molecule has 1 saturated heterocycles. The van der Waals surface area contributed by atoms with Crippen molar-refractivity contribution in [1.29, 1.82) is 0 Å². The van der Waals surface area contributed by atoms with E-state index < -0.39 is 5.54 Å². The van der Waals surface area contributed by atoms with Crippen LogP contribution in [0.1, 0.15) is 24.5 Å². The van der Waals surface area contributed by atoms with Gasteiger partial charge < -0.3 is 10.1 Å². The molecule has 28 heavy (non-hydrogen) atoms. The number of halogens is 1. The van der Waals surface area contributed by atoms with Crippen molar-refractivity contribution in [2.75, 3.05) is 20.8 Å². The zero-order chi connectivity index (χ0) is 20.3. The van der Waals surface area contributed by atoms with Gasteiger partial charge in [-0.3, -0.25) is 9.69 Å². The van der Waals surface area contributed by atoms with Crippen LogP contribution in [0.2, 0.25) is 5.02 Å². The maximum Gasteiger partial charge on any atom is 0.326 e. The molecule has 0 bridgehead atoms. The van der Waals surface area contributed by atoms with Gasteiger partial charge in [0.05, 0.1) is 13.8 Å². The Morgan fingerprint density at radius 1 is 1.18 bits per heavy atom. The molecule has 0 aliphatic carbocycles. The molecule has 1 aliphatic rings. The van der Waals surface area contributed by atoms with Gasteiger partial charge in [-0.25, -0.2) is 9.69 Å². The van der Waals surface area contributed by atoms with Crippen molar-refractivity contribution in [2.45, 2.75) is 25.4 Å². The van der Waals surface area contributed by atoms with Crippen molar-refractivity contribution < 1.29 is 14.3 Å². The third-order valence-corrected chi connectivity index (χ3v) is 5.27. The number of carbonyl (C=O) groups excluding carboxylic acids is 2. The Balaban J connectivity index is 1.78. The molecule has 1 fully saturated rings. The normalized spacial score (nSPS) is 19.2. The fraction of sp³-hybridized carbons (Fsp3) is 0.333. The van der Waals surface area contributed by atoms with E-state index in [0.29, 0.717) is 23.7 Å². The van der Waals surface area contributed by atoms with E-state index in [9.17, 15) is 9.59 Å². The lowest BCUT2D eigenvalue weighted by molar-refractivity contribution is -0.133. The molecule has 1 heterocycles. The van der Waals surface area contributed by atoms with Crippen LogP contribution < -0.4 is 10.1 Å². The molecule has 1 atom stereocenters. The maximum atomic E-state index is 13.2. The number of amides is 3. The van der Waals surface area contributed by atoms with Gasteiger partial charge in [0, 0.05) is 17.1 Å². The van der Waals surface area contributed by atoms with Crippen LogP contribution in [0.5, 0.6) is 5.75 Å². The number of hydrogen-bond acceptors (Lipinski definition) is 4. The molecule has 148 valence electrons. The second kappa shape index (κ2) is 8.20. The predicted molar refractivity (Wildman–Crippen MR) is 108 cm³/mol. The van der Waals surface area contributed by atoms with Crippen molar-refractivity contribution in [1.82, 2.24) is 15.1 Å². The topological polar surface area (TPSA) is 61.9 Å². The number of methoxy groups -OCH3 is 1. The van der Waals surface area contributed by atoms with E-state index in [1.54, 1.807) is 19.2 Å². The lowest BCUT2D eigenvalue weighted by Gasteiger charge is -2.27. The van der Waals surface area contributed by atoms with Gasteiger partial charge in [-0.15, -0.1) is 0 Å². The highest BCUT2D eigenvalue weighted by Crippen LogP contribution is 2.32. The summed E-state index contributed by atoms with van der Waals surface area (Å²) in [5, 5.41) is 3.50. The lowest BCUT2D eigenvalue weighted by Crippen LogP contribution is -2.44. The fourth-order valence-corrected chi connectivity index (χ4v) is 3.76. The number of nitrogens with one attached hydrogen (secondary N) is 1. The number of ether oxygens (including phenoxy) is 1. The molecule has 3 amide bonds. The molecule has 0 saturated carbocycles. The highest BCUT2D eigenvalue weighted by atomic mass is 35.5. The summed E-state index contributed by atoms with van der Waals surface area (Å²) in [7, 11) is 3.44. The molecule has 0 spiro atoms. The zero-order valence-electron chi connectivity index (χ0n) is 16.2. The molecule has 2 aromatic carbocycles. The first-order valence-electron chi connectivity index (χ1n) is 9.12. The Morgan fingerprint density at radius 2 is 1.89 bits per heavy atom. The van der Waals surface area contributed by atoms with Crippen LogP contribution in [0.15, 0.2) is 48.5 Å². The van der Waals surface area contributed by atoms with Crippen LogP contribution in [-0.4, -0.2) is 42.6 Å². The second-order valence-corrected chi connectivity index (χ2v) is 7.34. The van der Waals surface area contributed by atoms with Gasteiger partial charge in [-0.2, -0.15) is 0 Å². The number of imide groups is 1. The second-order valence-electron chi connectivity index (χ2n) is 6.90. The monoisotopic (exact) mass is 401 g/mol. The summed E-state index contributed by atoms with van der Waals surface area (Å²) in [4.78, 5) is 29.0. The van der Waals surface area contributed by atoms with Crippen molar-refractivity contribution in [3.63, 3.8) is 0 Å². The minimum Gasteiger partial charge on any atom is -0.496 e. The highest BCUT2D eigenvalue weighted by Gasteiger charge is 2.51. The van der Waals surface area contributed by atoms with Crippen molar-refractivity contribution in [3.05, 3.63) is 64.7 Å². The number of carbonyl (C=O) groups is 2. The molecule has 0 aromatic heterocycles. The largest absolute Gasteiger partial charge is 0.496 e. The standard InChI is InChI=1S/C21H24ClN3O3/c1-4-21(16-8-6-5-7-9-16)19(26)25(20(27)23-21)14-24(2)13-15-12-17(22)10-11-18(15)28-3/h5-12H,4,13-14H2,1-3H3,(H,23,27)/t21-/m0/s1. The van der Waals surface area contributed by atoms with Crippen LogP contribution in [0, 0.1) is 0 Å². The van der Waals surface area contributed by atoms with Gasteiger partial charge in [0.25, 0.3) is 5.91 Å². The van der Waals surface area contributed by atoms with Gasteiger partial charge in [0.1, 0.15) is 11.3 Å². The van der Waals surface area contributed by atoms with Crippen molar-refractivity contribution in [3.8, 4) is 5.75 Å². The van der Waals surface area contributed by atoms with E-state index in [1.807, 2.05) is 55.3 Å². The van der Waals surface area contributed by atoms with Crippen molar-refractivity contribution in [2.24, 2.45) is 0 Å². The summed E-state index contributed by atoms with van der Waals surface area (Å²) in [6, 6.07) is 14.4. The Hall–Kier alpha value is -2.57. The summed E-state index contributed by atoms with van der Waals surface area (Å²) in [6.45, 7) is 2.54.